The highest BCUT2D eigenvalue weighted by Gasteiger charge is 2.22. The van der Waals surface area contributed by atoms with E-state index in [4.69, 9.17) is 15.4 Å². The smallest absolute Gasteiger partial charge is 0.265 e. The minimum Gasteiger partial charge on any atom is -0.494 e. The predicted octanol–water partition coefficient (Wildman–Crippen LogP) is 2.09. The van der Waals surface area contributed by atoms with E-state index in [1.807, 2.05) is 0 Å². The van der Waals surface area contributed by atoms with Gasteiger partial charge in [0.15, 0.2) is 5.75 Å². The molecule has 0 fully saturated rings. The molecule has 0 aromatic heterocycles. The van der Waals surface area contributed by atoms with Crippen molar-refractivity contribution in [1.82, 2.24) is 4.90 Å². The van der Waals surface area contributed by atoms with Crippen LogP contribution in [0.4, 0.5) is 0 Å². The Kier molecular flexibility index (Phi) is 4.63. The Morgan fingerprint density at radius 2 is 1.94 bits per heavy atom. The summed E-state index contributed by atoms with van der Waals surface area (Å²) in [6.45, 7) is 0. The molecule has 1 rings (SSSR count). The monoisotopic (exact) mass is 355 g/mol. The first-order valence-electron chi connectivity index (χ1n) is 4.72. The van der Waals surface area contributed by atoms with Gasteiger partial charge in [-0.05, 0) is 28.1 Å². The maximum absolute atomic E-state index is 11.8. The highest BCUT2D eigenvalue weighted by Crippen LogP contribution is 2.35. The van der Waals surface area contributed by atoms with Crippen molar-refractivity contribution in [2.24, 2.45) is 0 Å². The normalized spacial score (nSPS) is 11.2. The first-order valence-corrected chi connectivity index (χ1v) is 7.82. The molecule has 0 unspecified atom stereocenters. The Bertz CT molecular complexity index is 586. The molecule has 0 atom stereocenters. The third-order valence-corrected chi connectivity index (χ3v) is 4.05. The van der Waals surface area contributed by atoms with Crippen molar-refractivity contribution in [2.75, 3.05) is 21.2 Å². The molecule has 1 aromatic rings. The number of hydrogen-bond acceptors (Lipinski definition) is 4. The molecule has 0 N–H and O–H groups in total. The molecule has 5 nitrogen and oxygen atoms in total. The Balaban J connectivity index is 3.55. The number of hydrogen-bond donors (Lipinski definition) is 0. The number of ether oxygens (including phenoxy) is 1. The molecule has 0 radical (unpaired) electrons. The van der Waals surface area contributed by atoms with Gasteiger partial charge < -0.3 is 9.64 Å². The summed E-state index contributed by atoms with van der Waals surface area (Å²) in [5.41, 5.74) is 0.201. The maximum atomic E-state index is 11.8. The number of amides is 1. The molecule has 0 aliphatic heterocycles. The predicted molar refractivity (Wildman–Crippen MR) is 71.8 cm³/mol. The van der Waals surface area contributed by atoms with Crippen LogP contribution in [0.1, 0.15) is 10.4 Å². The highest BCUT2D eigenvalue weighted by molar-refractivity contribution is 9.10. The molecule has 0 bridgehead atoms. The van der Waals surface area contributed by atoms with Crippen LogP contribution in [0.2, 0.25) is 0 Å². The molecule has 0 heterocycles. The van der Waals surface area contributed by atoms with Gasteiger partial charge in [-0.3, -0.25) is 4.79 Å². The summed E-state index contributed by atoms with van der Waals surface area (Å²) in [6, 6.07) is 2.67. The fourth-order valence-corrected chi connectivity index (χ4v) is 3.11. The van der Waals surface area contributed by atoms with Crippen LogP contribution < -0.4 is 4.74 Å². The summed E-state index contributed by atoms with van der Waals surface area (Å²) in [5, 5.41) is 0. The molecular weight excluding hydrogens is 346 g/mol. The number of methoxy groups -OCH3 is 1. The maximum Gasteiger partial charge on any atom is 0.265 e. The van der Waals surface area contributed by atoms with Crippen LogP contribution in [0.3, 0.4) is 0 Å². The van der Waals surface area contributed by atoms with E-state index in [1.54, 1.807) is 14.1 Å². The number of nitrogens with zero attached hydrogens (tertiary/aromatic N) is 1. The van der Waals surface area contributed by atoms with Gasteiger partial charge in [0.25, 0.3) is 15.0 Å². The van der Waals surface area contributed by atoms with Crippen LogP contribution in [0.5, 0.6) is 5.75 Å². The Morgan fingerprint density at radius 1 is 1.39 bits per heavy atom. The van der Waals surface area contributed by atoms with E-state index in [0.717, 1.165) is 0 Å². The van der Waals surface area contributed by atoms with Crippen molar-refractivity contribution >= 4 is 41.6 Å². The quantitative estimate of drug-likeness (QED) is 0.778. The van der Waals surface area contributed by atoms with Gasteiger partial charge in [-0.1, -0.05) is 0 Å². The summed E-state index contributed by atoms with van der Waals surface area (Å²) in [7, 11) is 5.76. The zero-order chi connectivity index (χ0) is 14.1. The zero-order valence-corrected chi connectivity index (χ0v) is 13.1. The second-order valence-electron chi connectivity index (χ2n) is 3.63. The summed E-state index contributed by atoms with van der Waals surface area (Å²) in [4.78, 5) is 12.9. The summed E-state index contributed by atoms with van der Waals surface area (Å²) in [6.07, 6.45) is 0. The molecule has 18 heavy (non-hydrogen) atoms. The van der Waals surface area contributed by atoms with Crippen LogP contribution >= 0.6 is 26.6 Å². The lowest BCUT2D eigenvalue weighted by Gasteiger charge is -2.14. The van der Waals surface area contributed by atoms with Crippen LogP contribution in [-0.4, -0.2) is 40.4 Å². The van der Waals surface area contributed by atoms with Crippen LogP contribution in [0.25, 0.3) is 0 Å². The lowest BCUT2D eigenvalue weighted by Crippen LogP contribution is -2.22. The van der Waals surface area contributed by atoms with Crippen molar-refractivity contribution in [1.29, 1.82) is 0 Å². The van der Waals surface area contributed by atoms with E-state index in [9.17, 15) is 13.2 Å². The molecule has 0 aliphatic rings. The molecule has 1 amide bonds. The molecule has 0 aliphatic carbocycles. The average Bonchev–Trinajstić information content (AvgIpc) is 2.25. The first kappa shape index (κ1) is 15.3. The fourth-order valence-electron chi connectivity index (χ4n) is 1.33. The Labute approximate surface area is 118 Å². The van der Waals surface area contributed by atoms with E-state index in [1.165, 1.54) is 24.1 Å². The Hall–Kier alpha value is -0.790. The van der Waals surface area contributed by atoms with Gasteiger partial charge >= 0.3 is 0 Å². The van der Waals surface area contributed by atoms with Gasteiger partial charge in [-0.25, -0.2) is 8.42 Å². The van der Waals surface area contributed by atoms with Crippen LogP contribution in [0.15, 0.2) is 21.5 Å². The topological polar surface area (TPSA) is 63.7 Å². The first-order chi connectivity index (χ1) is 8.18. The van der Waals surface area contributed by atoms with E-state index in [0.29, 0.717) is 4.47 Å². The van der Waals surface area contributed by atoms with Crippen molar-refractivity contribution in [3.05, 3.63) is 22.2 Å². The third-order valence-electron chi connectivity index (χ3n) is 2.13. The van der Waals surface area contributed by atoms with E-state index >= 15 is 0 Å². The van der Waals surface area contributed by atoms with Crippen molar-refractivity contribution < 1.29 is 17.9 Å². The minimum absolute atomic E-state index is 0.0697. The SMILES string of the molecule is COc1c(Br)cc(C(=O)N(C)C)cc1S(=O)(=O)Cl. The Morgan fingerprint density at radius 3 is 2.33 bits per heavy atom. The van der Waals surface area contributed by atoms with Gasteiger partial charge in [-0.15, -0.1) is 0 Å². The van der Waals surface area contributed by atoms with Gasteiger partial charge in [0.05, 0.1) is 11.6 Å². The van der Waals surface area contributed by atoms with Gasteiger partial charge in [0.1, 0.15) is 4.90 Å². The molecule has 1 aromatic carbocycles. The standard InChI is InChI=1S/C10H11BrClNO4S/c1-13(2)10(14)6-4-7(11)9(17-3)8(5-6)18(12,15)16/h4-5H,1-3H3. The second kappa shape index (κ2) is 5.46. The summed E-state index contributed by atoms with van der Waals surface area (Å²) < 4.78 is 28.2. The van der Waals surface area contributed by atoms with Crippen LogP contribution in [-0.2, 0) is 9.05 Å². The molecule has 0 saturated carbocycles. The number of carbonyl (C=O) groups excluding carboxylic acids is 1. The average molecular weight is 357 g/mol. The second-order valence-corrected chi connectivity index (χ2v) is 7.02. The largest absolute Gasteiger partial charge is 0.494 e. The number of benzene rings is 1. The van der Waals surface area contributed by atoms with Gasteiger partial charge in [0, 0.05) is 30.3 Å². The van der Waals surface area contributed by atoms with E-state index in [2.05, 4.69) is 15.9 Å². The fraction of sp³-hybridized carbons (Fsp3) is 0.300. The lowest BCUT2D eigenvalue weighted by atomic mass is 10.2. The minimum atomic E-state index is -4.00. The third kappa shape index (κ3) is 3.15. The van der Waals surface area contributed by atoms with E-state index < -0.39 is 9.05 Å². The van der Waals surface area contributed by atoms with Crippen molar-refractivity contribution in [2.45, 2.75) is 4.90 Å². The highest BCUT2D eigenvalue weighted by atomic mass is 79.9. The summed E-state index contributed by atoms with van der Waals surface area (Å²) >= 11 is 3.15. The summed E-state index contributed by atoms with van der Waals surface area (Å²) in [5.74, 6) is -0.264. The van der Waals surface area contributed by atoms with Gasteiger partial charge in [-0.2, -0.15) is 0 Å². The molecular formula is C10H11BrClNO4S. The molecule has 0 saturated heterocycles. The number of rotatable bonds is 3. The molecule has 0 spiro atoms. The van der Waals surface area contributed by atoms with E-state index in [-0.39, 0.29) is 22.1 Å². The zero-order valence-electron chi connectivity index (χ0n) is 9.90. The lowest BCUT2D eigenvalue weighted by molar-refractivity contribution is 0.0827. The van der Waals surface area contributed by atoms with Crippen molar-refractivity contribution in [3.8, 4) is 5.75 Å². The molecule has 8 heteroatoms. The van der Waals surface area contributed by atoms with Crippen molar-refractivity contribution in [3.63, 3.8) is 0 Å². The number of halogens is 2. The van der Waals surface area contributed by atoms with Crippen LogP contribution in [0, 0.1) is 0 Å². The van der Waals surface area contributed by atoms with Gasteiger partial charge in [0.2, 0.25) is 0 Å². The molecule has 100 valence electrons. The number of carbonyl (C=O) groups is 1.